The van der Waals surface area contributed by atoms with Crippen LogP contribution >= 0.6 is 0 Å². The molecule has 0 spiro atoms. The molecule has 222 valence electrons. The Morgan fingerprint density at radius 3 is 2.56 bits per heavy atom. The molecule has 0 radical (unpaired) electrons. The largest absolute Gasteiger partial charge is 0.493 e. The number of pyridine rings is 1. The van der Waals surface area contributed by atoms with Crippen molar-refractivity contribution in [3.8, 4) is 16.9 Å². The molecule has 6 rings (SSSR count). The van der Waals surface area contributed by atoms with Crippen LogP contribution in [0.1, 0.15) is 40.7 Å². The minimum Gasteiger partial charge on any atom is -0.493 e. The van der Waals surface area contributed by atoms with Crippen molar-refractivity contribution in [2.24, 2.45) is 0 Å². The first-order valence-corrected chi connectivity index (χ1v) is 15.3. The van der Waals surface area contributed by atoms with Gasteiger partial charge in [-0.15, -0.1) is 0 Å². The summed E-state index contributed by atoms with van der Waals surface area (Å²) in [5, 5.41) is 13.9. The van der Waals surface area contributed by atoms with Crippen LogP contribution in [-0.4, -0.2) is 65.0 Å². The van der Waals surface area contributed by atoms with E-state index < -0.39 is 5.97 Å². The zero-order chi connectivity index (χ0) is 29.8. The average molecular weight is 578 g/mol. The highest BCUT2D eigenvalue weighted by Crippen LogP contribution is 2.38. The Hall–Kier alpha value is -4.20. The number of carboxylic acid groups (broad SMARTS) is 1. The summed E-state index contributed by atoms with van der Waals surface area (Å²) in [6.45, 7) is 9.20. The van der Waals surface area contributed by atoms with Crippen LogP contribution in [0.4, 0.5) is 0 Å². The van der Waals surface area contributed by atoms with Crippen LogP contribution in [0.2, 0.25) is 0 Å². The van der Waals surface area contributed by atoms with E-state index in [9.17, 15) is 9.90 Å². The summed E-state index contributed by atoms with van der Waals surface area (Å²) in [6, 6.07) is 22.6. The van der Waals surface area contributed by atoms with Gasteiger partial charge in [0, 0.05) is 60.0 Å². The second-order valence-corrected chi connectivity index (χ2v) is 11.2. The van der Waals surface area contributed by atoms with E-state index in [1.807, 2.05) is 36.5 Å². The lowest BCUT2D eigenvalue weighted by molar-refractivity contribution is 0.0362. The molecule has 0 amide bonds. The van der Waals surface area contributed by atoms with Crippen LogP contribution < -0.4 is 4.74 Å². The van der Waals surface area contributed by atoms with E-state index in [4.69, 9.17) is 14.5 Å². The molecule has 43 heavy (non-hydrogen) atoms. The molecular formula is C36H39N3O4. The van der Waals surface area contributed by atoms with Gasteiger partial charge in [-0.05, 0) is 54.8 Å². The summed E-state index contributed by atoms with van der Waals surface area (Å²) < 4.78 is 13.8. The summed E-state index contributed by atoms with van der Waals surface area (Å²) in [5.41, 5.74) is 6.53. The summed E-state index contributed by atoms with van der Waals surface area (Å²) >= 11 is 0. The highest BCUT2D eigenvalue weighted by Gasteiger charge is 2.26. The fourth-order valence-corrected chi connectivity index (χ4v) is 6.47. The fraction of sp³-hybridized carbons (Fsp3) is 0.333. The van der Waals surface area contributed by atoms with Gasteiger partial charge in [0.15, 0.2) is 0 Å². The van der Waals surface area contributed by atoms with Crippen molar-refractivity contribution in [2.45, 2.75) is 39.7 Å². The van der Waals surface area contributed by atoms with E-state index in [-0.39, 0.29) is 0 Å². The second-order valence-electron chi connectivity index (χ2n) is 11.2. The molecule has 1 saturated heterocycles. The number of hydrogen-bond acceptors (Lipinski definition) is 5. The minimum atomic E-state index is -0.896. The first kappa shape index (κ1) is 28.9. The van der Waals surface area contributed by atoms with Crippen molar-refractivity contribution in [1.29, 1.82) is 0 Å². The average Bonchev–Trinajstić information content (AvgIpc) is 3.36. The van der Waals surface area contributed by atoms with Crippen LogP contribution in [-0.2, 0) is 24.1 Å². The van der Waals surface area contributed by atoms with E-state index in [1.165, 1.54) is 0 Å². The molecule has 0 atom stereocenters. The molecule has 7 heteroatoms. The Morgan fingerprint density at radius 1 is 0.977 bits per heavy atom. The van der Waals surface area contributed by atoms with E-state index in [1.54, 1.807) is 0 Å². The number of morpholine rings is 1. The number of ether oxygens (including phenoxy) is 2. The molecule has 1 fully saturated rings. The number of aryl methyl sites for hydroxylation is 3. The monoisotopic (exact) mass is 577 g/mol. The Bertz CT molecular complexity index is 1750. The zero-order valence-electron chi connectivity index (χ0n) is 25.0. The van der Waals surface area contributed by atoms with Gasteiger partial charge in [0.1, 0.15) is 11.4 Å². The molecule has 1 aliphatic heterocycles. The summed E-state index contributed by atoms with van der Waals surface area (Å²) in [6.07, 6.45) is 3.96. The molecule has 2 aromatic heterocycles. The molecule has 5 aromatic rings. The van der Waals surface area contributed by atoms with Crippen molar-refractivity contribution < 1.29 is 19.4 Å². The smallest absolute Gasteiger partial charge is 0.352 e. The first-order chi connectivity index (χ1) is 21.1. The van der Waals surface area contributed by atoms with E-state index in [0.29, 0.717) is 44.9 Å². The third-order valence-corrected chi connectivity index (χ3v) is 8.55. The number of fused-ring (bicyclic) bond motifs is 2. The van der Waals surface area contributed by atoms with Crippen LogP contribution in [0.3, 0.4) is 0 Å². The Kier molecular flexibility index (Phi) is 8.72. The lowest BCUT2D eigenvalue weighted by Crippen LogP contribution is -2.38. The van der Waals surface area contributed by atoms with Gasteiger partial charge in [0.05, 0.1) is 25.3 Å². The minimum absolute atomic E-state index is 0.375. The third-order valence-electron chi connectivity index (χ3n) is 8.55. The molecule has 7 nitrogen and oxygen atoms in total. The quantitative estimate of drug-likeness (QED) is 0.175. The van der Waals surface area contributed by atoms with Gasteiger partial charge < -0.3 is 19.1 Å². The summed E-state index contributed by atoms with van der Waals surface area (Å²) in [4.78, 5) is 20.1. The molecule has 0 aliphatic carbocycles. The van der Waals surface area contributed by atoms with Crippen molar-refractivity contribution in [1.82, 2.24) is 14.5 Å². The van der Waals surface area contributed by atoms with Crippen LogP contribution in [0.5, 0.6) is 5.75 Å². The lowest BCUT2D eigenvalue weighted by Gasteiger charge is -2.27. The van der Waals surface area contributed by atoms with E-state index in [0.717, 1.165) is 81.4 Å². The SMILES string of the molecule is CCc1nccc(C)c1-c1cccc2c(CCCOc3cccc4ccccc34)c(C(=O)O)n(CCN3CCOCC3)c12. The number of aromatic nitrogens is 2. The fourth-order valence-electron chi connectivity index (χ4n) is 6.47. The molecule has 3 heterocycles. The number of carbonyl (C=O) groups is 1. The molecular weight excluding hydrogens is 538 g/mol. The van der Waals surface area contributed by atoms with Gasteiger partial charge in [-0.25, -0.2) is 4.79 Å². The number of aromatic carboxylic acids is 1. The van der Waals surface area contributed by atoms with Gasteiger partial charge in [0.2, 0.25) is 0 Å². The predicted molar refractivity (Wildman–Crippen MR) is 171 cm³/mol. The summed E-state index contributed by atoms with van der Waals surface area (Å²) in [7, 11) is 0. The predicted octanol–water partition coefficient (Wildman–Crippen LogP) is 6.77. The molecule has 1 N–H and O–H groups in total. The highest BCUT2D eigenvalue weighted by molar-refractivity contribution is 6.04. The molecule has 0 saturated carbocycles. The van der Waals surface area contributed by atoms with Gasteiger partial charge in [-0.1, -0.05) is 61.5 Å². The molecule has 1 aliphatic rings. The summed E-state index contributed by atoms with van der Waals surface area (Å²) in [5.74, 6) is -0.0429. The third kappa shape index (κ3) is 5.88. The van der Waals surface area contributed by atoms with Crippen molar-refractivity contribution in [3.63, 3.8) is 0 Å². The Balaban J connectivity index is 1.38. The maximum absolute atomic E-state index is 13.0. The highest BCUT2D eigenvalue weighted by atomic mass is 16.5. The first-order valence-electron chi connectivity index (χ1n) is 15.3. The Morgan fingerprint density at radius 2 is 1.74 bits per heavy atom. The van der Waals surface area contributed by atoms with Crippen molar-refractivity contribution in [3.05, 3.63) is 95.4 Å². The number of rotatable bonds is 11. The topological polar surface area (TPSA) is 76.8 Å². The van der Waals surface area contributed by atoms with E-state index in [2.05, 4.69) is 59.7 Å². The maximum Gasteiger partial charge on any atom is 0.352 e. The second kappa shape index (κ2) is 13.0. The lowest BCUT2D eigenvalue weighted by atomic mass is 9.95. The van der Waals surface area contributed by atoms with Gasteiger partial charge in [-0.2, -0.15) is 0 Å². The van der Waals surface area contributed by atoms with E-state index >= 15 is 0 Å². The number of hydrogen-bond donors (Lipinski definition) is 1. The number of benzene rings is 3. The zero-order valence-corrected chi connectivity index (χ0v) is 25.0. The number of para-hydroxylation sites is 1. The molecule has 0 unspecified atom stereocenters. The number of nitrogens with zero attached hydrogens (tertiary/aromatic N) is 3. The number of carboxylic acids is 1. The van der Waals surface area contributed by atoms with Gasteiger partial charge in [0.25, 0.3) is 0 Å². The maximum atomic E-state index is 13.0. The van der Waals surface area contributed by atoms with Crippen LogP contribution in [0.25, 0.3) is 32.8 Å². The van der Waals surface area contributed by atoms with Crippen LogP contribution in [0.15, 0.2) is 72.9 Å². The Labute approximate surface area is 252 Å². The van der Waals surface area contributed by atoms with Gasteiger partial charge >= 0.3 is 5.97 Å². The van der Waals surface area contributed by atoms with Crippen molar-refractivity contribution in [2.75, 3.05) is 39.5 Å². The van der Waals surface area contributed by atoms with Crippen LogP contribution in [0, 0.1) is 6.92 Å². The van der Waals surface area contributed by atoms with Crippen molar-refractivity contribution >= 4 is 27.6 Å². The molecule has 0 bridgehead atoms. The van der Waals surface area contributed by atoms with Gasteiger partial charge in [-0.3, -0.25) is 9.88 Å². The standard InChI is InChI=1S/C36H39N3O4/c1-3-31-33(25(2)16-17-37-31)30-13-7-12-28-29(14-8-22-43-32-15-6-10-26-9-4-5-11-27(26)32)35(36(40)41)39(34(28)30)19-18-38-20-23-42-24-21-38/h4-7,9-13,15-17H,3,8,14,18-24H2,1-2H3,(H,40,41). The normalized spacial score (nSPS) is 14.0. The molecule has 3 aromatic carbocycles.